The van der Waals surface area contributed by atoms with Gasteiger partial charge in [-0.1, -0.05) is 25.1 Å². The van der Waals surface area contributed by atoms with Crippen LogP contribution in [0, 0.1) is 12.8 Å². The number of hydrogen-bond acceptors (Lipinski definition) is 2. The summed E-state index contributed by atoms with van der Waals surface area (Å²) in [4.78, 5) is 2.59. The summed E-state index contributed by atoms with van der Waals surface area (Å²) in [5.41, 5.74) is 9.71. The minimum atomic E-state index is 0.637. The third-order valence-corrected chi connectivity index (χ3v) is 3.93. The van der Waals surface area contributed by atoms with E-state index < -0.39 is 0 Å². The maximum Gasteiger partial charge on any atom is 0.0239 e. The Morgan fingerprint density at radius 1 is 1.35 bits per heavy atom. The average molecular weight is 232 g/mol. The SMILES string of the molecule is Cc1cc(CN)ccc1CN1CC(C)CC1C. The summed E-state index contributed by atoms with van der Waals surface area (Å²) in [6.07, 6.45) is 1.33. The van der Waals surface area contributed by atoms with Crippen molar-refractivity contribution in [2.75, 3.05) is 6.54 Å². The Bertz CT molecular complexity index is 387. The van der Waals surface area contributed by atoms with Gasteiger partial charge >= 0.3 is 0 Å². The molecule has 1 aromatic rings. The molecule has 2 unspecified atom stereocenters. The van der Waals surface area contributed by atoms with E-state index in [0.717, 1.165) is 18.5 Å². The van der Waals surface area contributed by atoms with Crippen molar-refractivity contribution >= 4 is 0 Å². The first-order valence-electron chi connectivity index (χ1n) is 6.62. The van der Waals surface area contributed by atoms with Crippen molar-refractivity contribution in [2.45, 2.75) is 46.3 Å². The molecule has 0 aliphatic carbocycles. The molecule has 1 aromatic carbocycles. The van der Waals surface area contributed by atoms with Crippen LogP contribution in [0.3, 0.4) is 0 Å². The van der Waals surface area contributed by atoms with Gasteiger partial charge in [0.15, 0.2) is 0 Å². The van der Waals surface area contributed by atoms with Gasteiger partial charge in [0, 0.05) is 25.7 Å². The molecule has 94 valence electrons. The van der Waals surface area contributed by atoms with Gasteiger partial charge in [0.2, 0.25) is 0 Å². The lowest BCUT2D eigenvalue weighted by Crippen LogP contribution is -2.26. The van der Waals surface area contributed by atoms with Gasteiger partial charge in [-0.2, -0.15) is 0 Å². The highest BCUT2D eigenvalue weighted by Gasteiger charge is 2.25. The molecular formula is C15H24N2. The van der Waals surface area contributed by atoms with Gasteiger partial charge in [0.25, 0.3) is 0 Å². The van der Waals surface area contributed by atoms with E-state index in [1.807, 2.05) is 0 Å². The predicted octanol–water partition coefficient (Wildman–Crippen LogP) is 2.68. The summed E-state index contributed by atoms with van der Waals surface area (Å²) in [6.45, 7) is 9.84. The van der Waals surface area contributed by atoms with Crippen LogP contribution in [0.15, 0.2) is 18.2 Å². The van der Waals surface area contributed by atoms with Crippen LogP contribution in [0.1, 0.15) is 37.0 Å². The van der Waals surface area contributed by atoms with E-state index in [1.165, 1.54) is 29.7 Å². The number of rotatable bonds is 3. The molecule has 0 spiro atoms. The van der Waals surface area contributed by atoms with E-state index in [2.05, 4.69) is 43.9 Å². The zero-order valence-corrected chi connectivity index (χ0v) is 11.2. The van der Waals surface area contributed by atoms with Crippen molar-refractivity contribution in [2.24, 2.45) is 11.7 Å². The van der Waals surface area contributed by atoms with Crippen LogP contribution in [-0.2, 0) is 13.1 Å². The molecule has 2 atom stereocenters. The molecule has 1 heterocycles. The van der Waals surface area contributed by atoms with Crippen molar-refractivity contribution in [1.82, 2.24) is 4.90 Å². The van der Waals surface area contributed by atoms with Crippen LogP contribution < -0.4 is 5.73 Å². The molecule has 1 aliphatic heterocycles. The highest BCUT2D eigenvalue weighted by atomic mass is 15.2. The molecule has 2 nitrogen and oxygen atoms in total. The van der Waals surface area contributed by atoms with Gasteiger partial charge < -0.3 is 5.73 Å². The van der Waals surface area contributed by atoms with Crippen molar-refractivity contribution in [3.8, 4) is 0 Å². The standard InChI is InChI=1S/C15H24N2/c1-11-6-13(3)17(9-11)10-15-5-4-14(8-16)7-12(15)2/h4-5,7,11,13H,6,8-10,16H2,1-3H3. The van der Waals surface area contributed by atoms with Crippen molar-refractivity contribution in [3.63, 3.8) is 0 Å². The van der Waals surface area contributed by atoms with Crippen LogP contribution in [0.5, 0.6) is 0 Å². The van der Waals surface area contributed by atoms with Crippen LogP contribution in [0.2, 0.25) is 0 Å². The number of nitrogens with two attached hydrogens (primary N) is 1. The maximum absolute atomic E-state index is 5.66. The predicted molar refractivity (Wildman–Crippen MR) is 72.7 cm³/mol. The van der Waals surface area contributed by atoms with Crippen molar-refractivity contribution in [3.05, 3.63) is 34.9 Å². The highest BCUT2D eigenvalue weighted by Crippen LogP contribution is 2.25. The van der Waals surface area contributed by atoms with E-state index in [4.69, 9.17) is 5.73 Å². The second kappa shape index (κ2) is 5.19. The summed E-state index contributed by atoms with van der Waals surface area (Å²) >= 11 is 0. The fourth-order valence-corrected chi connectivity index (χ4v) is 2.89. The molecular weight excluding hydrogens is 208 g/mol. The van der Waals surface area contributed by atoms with E-state index in [0.29, 0.717) is 6.54 Å². The number of aryl methyl sites for hydroxylation is 1. The Morgan fingerprint density at radius 2 is 2.12 bits per heavy atom. The lowest BCUT2D eigenvalue weighted by molar-refractivity contribution is 0.256. The van der Waals surface area contributed by atoms with Crippen LogP contribution >= 0.6 is 0 Å². The van der Waals surface area contributed by atoms with Gasteiger partial charge in [-0.05, 0) is 42.9 Å². The monoisotopic (exact) mass is 232 g/mol. The topological polar surface area (TPSA) is 29.3 Å². The van der Waals surface area contributed by atoms with Gasteiger partial charge in [-0.25, -0.2) is 0 Å². The third kappa shape index (κ3) is 2.88. The summed E-state index contributed by atoms with van der Waals surface area (Å²) in [7, 11) is 0. The second-order valence-corrected chi connectivity index (χ2v) is 5.58. The molecule has 2 rings (SSSR count). The molecule has 1 saturated heterocycles. The molecule has 2 heteroatoms. The normalized spacial score (nSPS) is 25.4. The van der Waals surface area contributed by atoms with E-state index >= 15 is 0 Å². The average Bonchev–Trinajstić information content (AvgIpc) is 2.60. The van der Waals surface area contributed by atoms with E-state index in [9.17, 15) is 0 Å². The summed E-state index contributed by atoms with van der Waals surface area (Å²) in [5, 5.41) is 0. The lowest BCUT2D eigenvalue weighted by Gasteiger charge is -2.22. The quantitative estimate of drug-likeness (QED) is 0.868. The smallest absolute Gasteiger partial charge is 0.0239 e. The van der Waals surface area contributed by atoms with Crippen LogP contribution in [-0.4, -0.2) is 17.5 Å². The van der Waals surface area contributed by atoms with Crippen molar-refractivity contribution < 1.29 is 0 Å². The van der Waals surface area contributed by atoms with Gasteiger partial charge in [0.05, 0.1) is 0 Å². The molecule has 17 heavy (non-hydrogen) atoms. The first-order chi connectivity index (χ1) is 8.10. The molecule has 0 amide bonds. The number of likely N-dealkylation sites (tertiary alicyclic amines) is 1. The first-order valence-corrected chi connectivity index (χ1v) is 6.62. The zero-order chi connectivity index (χ0) is 12.4. The number of benzene rings is 1. The molecule has 1 fully saturated rings. The molecule has 0 saturated carbocycles. The van der Waals surface area contributed by atoms with Gasteiger partial charge in [0.1, 0.15) is 0 Å². The largest absolute Gasteiger partial charge is 0.326 e. The Balaban J connectivity index is 2.08. The van der Waals surface area contributed by atoms with Gasteiger partial charge in [-0.3, -0.25) is 4.90 Å². The first kappa shape index (κ1) is 12.6. The summed E-state index contributed by atoms with van der Waals surface area (Å²) in [5.74, 6) is 0.841. The summed E-state index contributed by atoms with van der Waals surface area (Å²) in [6, 6.07) is 7.35. The number of nitrogens with zero attached hydrogens (tertiary/aromatic N) is 1. The fraction of sp³-hybridized carbons (Fsp3) is 0.600. The number of hydrogen-bond donors (Lipinski definition) is 1. The zero-order valence-electron chi connectivity index (χ0n) is 11.2. The Hall–Kier alpha value is -0.860. The summed E-state index contributed by atoms with van der Waals surface area (Å²) < 4.78 is 0. The fourth-order valence-electron chi connectivity index (χ4n) is 2.89. The Labute approximate surface area is 105 Å². The van der Waals surface area contributed by atoms with Crippen LogP contribution in [0.4, 0.5) is 0 Å². The maximum atomic E-state index is 5.66. The minimum absolute atomic E-state index is 0.637. The highest BCUT2D eigenvalue weighted by molar-refractivity contribution is 5.31. The second-order valence-electron chi connectivity index (χ2n) is 5.58. The molecule has 0 bridgehead atoms. The van der Waals surface area contributed by atoms with Gasteiger partial charge in [-0.15, -0.1) is 0 Å². The molecule has 0 radical (unpaired) electrons. The Morgan fingerprint density at radius 3 is 2.65 bits per heavy atom. The third-order valence-electron chi connectivity index (χ3n) is 3.93. The molecule has 0 aromatic heterocycles. The molecule has 2 N–H and O–H groups in total. The van der Waals surface area contributed by atoms with E-state index in [-0.39, 0.29) is 0 Å². The lowest BCUT2D eigenvalue weighted by atomic mass is 10.0. The van der Waals surface area contributed by atoms with Crippen LogP contribution in [0.25, 0.3) is 0 Å². The van der Waals surface area contributed by atoms with E-state index in [1.54, 1.807) is 0 Å². The Kier molecular flexibility index (Phi) is 3.85. The molecule has 1 aliphatic rings. The minimum Gasteiger partial charge on any atom is -0.326 e. The van der Waals surface area contributed by atoms with Crippen molar-refractivity contribution in [1.29, 1.82) is 0 Å².